The van der Waals surface area contributed by atoms with Crippen molar-refractivity contribution < 1.29 is 0 Å². The first-order valence-corrected chi connectivity index (χ1v) is 3.76. The Kier molecular flexibility index (Phi) is 2.49. The third-order valence-corrected chi connectivity index (χ3v) is 1.57. The van der Waals surface area contributed by atoms with Gasteiger partial charge in [0, 0.05) is 6.20 Å². The minimum Gasteiger partial charge on any atom is -0.285 e. The van der Waals surface area contributed by atoms with Crippen LogP contribution in [0.15, 0.2) is 12.4 Å². The maximum atomic E-state index is 3.88. The molecule has 2 nitrogen and oxygen atoms in total. The van der Waals surface area contributed by atoms with Crippen molar-refractivity contribution in [2.24, 2.45) is 5.92 Å². The van der Waals surface area contributed by atoms with Gasteiger partial charge in [-0.3, -0.25) is 5.10 Å². The monoisotopic (exact) mass is 138 g/mol. The molecule has 0 aliphatic rings. The van der Waals surface area contributed by atoms with Crippen LogP contribution in [-0.2, 0) is 6.42 Å². The molecule has 1 aromatic heterocycles. The zero-order valence-electron chi connectivity index (χ0n) is 6.59. The molecule has 0 radical (unpaired) electrons. The van der Waals surface area contributed by atoms with E-state index in [1.165, 1.54) is 12.0 Å². The second-order valence-corrected chi connectivity index (χ2v) is 3.04. The molecule has 0 bridgehead atoms. The SMILES string of the molecule is CC(C)CCc1cn[nH]c1. The maximum absolute atomic E-state index is 3.88. The lowest BCUT2D eigenvalue weighted by Crippen LogP contribution is -1.89. The normalized spacial score (nSPS) is 10.7. The Labute approximate surface area is 61.7 Å². The summed E-state index contributed by atoms with van der Waals surface area (Å²) < 4.78 is 0. The van der Waals surface area contributed by atoms with E-state index in [0.717, 1.165) is 12.3 Å². The first-order chi connectivity index (χ1) is 4.79. The second-order valence-electron chi connectivity index (χ2n) is 3.04. The van der Waals surface area contributed by atoms with Gasteiger partial charge in [0.25, 0.3) is 0 Å². The van der Waals surface area contributed by atoms with Crippen LogP contribution in [-0.4, -0.2) is 10.2 Å². The highest BCUT2D eigenvalue weighted by Crippen LogP contribution is 2.06. The van der Waals surface area contributed by atoms with E-state index in [1.807, 2.05) is 12.4 Å². The molecule has 1 heterocycles. The lowest BCUT2D eigenvalue weighted by molar-refractivity contribution is 0.587. The minimum atomic E-state index is 0.787. The Balaban J connectivity index is 2.28. The van der Waals surface area contributed by atoms with Crippen molar-refractivity contribution in [1.82, 2.24) is 10.2 Å². The molecule has 0 unspecified atom stereocenters. The summed E-state index contributed by atoms with van der Waals surface area (Å²) in [4.78, 5) is 0. The fourth-order valence-electron chi connectivity index (χ4n) is 0.870. The summed E-state index contributed by atoms with van der Waals surface area (Å²) in [5.74, 6) is 0.787. The van der Waals surface area contributed by atoms with Gasteiger partial charge in [-0.25, -0.2) is 0 Å². The zero-order chi connectivity index (χ0) is 7.40. The van der Waals surface area contributed by atoms with Gasteiger partial charge in [-0.05, 0) is 24.3 Å². The summed E-state index contributed by atoms with van der Waals surface area (Å²) in [7, 11) is 0. The molecule has 1 aromatic rings. The van der Waals surface area contributed by atoms with Crippen LogP contribution in [0, 0.1) is 5.92 Å². The van der Waals surface area contributed by atoms with Gasteiger partial charge in [0.15, 0.2) is 0 Å². The highest BCUT2D eigenvalue weighted by atomic mass is 15.1. The van der Waals surface area contributed by atoms with Crippen molar-refractivity contribution >= 4 is 0 Å². The van der Waals surface area contributed by atoms with Crippen molar-refractivity contribution in [1.29, 1.82) is 0 Å². The van der Waals surface area contributed by atoms with E-state index in [9.17, 15) is 0 Å². The Morgan fingerprint density at radius 1 is 1.60 bits per heavy atom. The Morgan fingerprint density at radius 2 is 2.40 bits per heavy atom. The lowest BCUT2D eigenvalue weighted by atomic mass is 10.1. The first kappa shape index (κ1) is 7.32. The number of rotatable bonds is 3. The Bertz CT molecular complexity index is 165. The van der Waals surface area contributed by atoms with E-state index in [1.54, 1.807) is 0 Å². The van der Waals surface area contributed by atoms with E-state index in [4.69, 9.17) is 0 Å². The molecule has 56 valence electrons. The van der Waals surface area contributed by atoms with Crippen LogP contribution in [0.3, 0.4) is 0 Å². The molecule has 0 saturated carbocycles. The van der Waals surface area contributed by atoms with Gasteiger partial charge < -0.3 is 0 Å². The average Bonchev–Trinajstić information content (AvgIpc) is 2.34. The number of nitrogens with one attached hydrogen (secondary N) is 1. The minimum absolute atomic E-state index is 0.787. The van der Waals surface area contributed by atoms with Crippen molar-refractivity contribution in [3.8, 4) is 0 Å². The molecule has 0 aromatic carbocycles. The van der Waals surface area contributed by atoms with Crippen molar-refractivity contribution in [2.75, 3.05) is 0 Å². The van der Waals surface area contributed by atoms with Crippen molar-refractivity contribution in [2.45, 2.75) is 26.7 Å². The van der Waals surface area contributed by atoms with Crippen LogP contribution in [0.1, 0.15) is 25.8 Å². The number of hydrogen-bond acceptors (Lipinski definition) is 1. The van der Waals surface area contributed by atoms with E-state index in [-0.39, 0.29) is 0 Å². The summed E-state index contributed by atoms with van der Waals surface area (Å²) in [5.41, 5.74) is 1.31. The Morgan fingerprint density at radius 3 is 2.90 bits per heavy atom. The van der Waals surface area contributed by atoms with Gasteiger partial charge in [0.05, 0.1) is 6.20 Å². The van der Waals surface area contributed by atoms with E-state index >= 15 is 0 Å². The highest BCUT2D eigenvalue weighted by molar-refractivity contribution is 5.01. The number of hydrogen-bond donors (Lipinski definition) is 1. The molecular formula is C8H14N2. The van der Waals surface area contributed by atoms with Crippen LogP contribution >= 0.6 is 0 Å². The Hall–Kier alpha value is -0.790. The van der Waals surface area contributed by atoms with E-state index < -0.39 is 0 Å². The predicted molar refractivity (Wildman–Crippen MR) is 41.7 cm³/mol. The molecule has 0 fully saturated rings. The molecular weight excluding hydrogens is 124 g/mol. The topological polar surface area (TPSA) is 28.7 Å². The number of H-pyrrole nitrogens is 1. The third kappa shape index (κ3) is 2.21. The molecule has 0 aliphatic heterocycles. The summed E-state index contributed by atoms with van der Waals surface area (Å²) in [5, 5.41) is 6.68. The van der Waals surface area contributed by atoms with Gasteiger partial charge in [-0.1, -0.05) is 13.8 Å². The van der Waals surface area contributed by atoms with Crippen LogP contribution in [0.25, 0.3) is 0 Å². The molecule has 1 N–H and O–H groups in total. The predicted octanol–water partition coefficient (Wildman–Crippen LogP) is 2.00. The smallest absolute Gasteiger partial charge is 0.0519 e. The first-order valence-electron chi connectivity index (χ1n) is 3.76. The van der Waals surface area contributed by atoms with Crippen LogP contribution in [0.4, 0.5) is 0 Å². The van der Waals surface area contributed by atoms with Gasteiger partial charge in [-0.2, -0.15) is 5.10 Å². The average molecular weight is 138 g/mol. The molecule has 10 heavy (non-hydrogen) atoms. The molecule has 0 amide bonds. The molecule has 0 aliphatic carbocycles. The summed E-state index contributed by atoms with van der Waals surface area (Å²) in [6.07, 6.45) is 6.25. The molecule has 0 spiro atoms. The zero-order valence-corrected chi connectivity index (χ0v) is 6.59. The maximum Gasteiger partial charge on any atom is 0.0519 e. The van der Waals surface area contributed by atoms with Crippen LogP contribution < -0.4 is 0 Å². The summed E-state index contributed by atoms with van der Waals surface area (Å²) in [6, 6.07) is 0. The van der Waals surface area contributed by atoms with Gasteiger partial charge in [0.1, 0.15) is 0 Å². The van der Waals surface area contributed by atoms with Crippen LogP contribution in [0.5, 0.6) is 0 Å². The van der Waals surface area contributed by atoms with Gasteiger partial charge in [-0.15, -0.1) is 0 Å². The standard InChI is InChI=1S/C8H14N2/c1-7(2)3-4-8-5-9-10-6-8/h5-7H,3-4H2,1-2H3,(H,9,10). The van der Waals surface area contributed by atoms with Crippen molar-refractivity contribution in [3.05, 3.63) is 18.0 Å². The summed E-state index contributed by atoms with van der Waals surface area (Å²) in [6.45, 7) is 4.47. The van der Waals surface area contributed by atoms with Gasteiger partial charge in [0.2, 0.25) is 0 Å². The van der Waals surface area contributed by atoms with E-state index in [0.29, 0.717) is 0 Å². The van der Waals surface area contributed by atoms with Crippen LogP contribution in [0.2, 0.25) is 0 Å². The number of aromatic nitrogens is 2. The molecule has 0 atom stereocenters. The van der Waals surface area contributed by atoms with Crippen molar-refractivity contribution in [3.63, 3.8) is 0 Å². The fourth-order valence-corrected chi connectivity index (χ4v) is 0.870. The highest BCUT2D eigenvalue weighted by Gasteiger charge is 1.96. The lowest BCUT2D eigenvalue weighted by Gasteiger charge is -2.00. The number of aryl methyl sites for hydroxylation is 1. The largest absolute Gasteiger partial charge is 0.285 e. The van der Waals surface area contributed by atoms with Gasteiger partial charge >= 0.3 is 0 Å². The third-order valence-electron chi connectivity index (χ3n) is 1.57. The second kappa shape index (κ2) is 3.40. The summed E-state index contributed by atoms with van der Waals surface area (Å²) >= 11 is 0. The molecule has 2 heteroatoms. The number of aromatic amines is 1. The quantitative estimate of drug-likeness (QED) is 0.680. The molecule has 1 rings (SSSR count). The molecule has 0 saturated heterocycles. The van der Waals surface area contributed by atoms with E-state index in [2.05, 4.69) is 24.0 Å². The number of nitrogens with zero attached hydrogens (tertiary/aromatic N) is 1. The fraction of sp³-hybridized carbons (Fsp3) is 0.625.